The maximum absolute atomic E-state index is 13.0. The van der Waals surface area contributed by atoms with Crippen molar-refractivity contribution in [2.24, 2.45) is 5.92 Å². The van der Waals surface area contributed by atoms with Crippen molar-refractivity contribution in [1.29, 1.82) is 0 Å². The van der Waals surface area contributed by atoms with E-state index in [9.17, 15) is 9.18 Å². The lowest BCUT2D eigenvalue weighted by Gasteiger charge is -2.21. The van der Waals surface area contributed by atoms with Gasteiger partial charge in [-0.25, -0.2) is 9.37 Å². The number of amides is 1. The van der Waals surface area contributed by atoms with Gasteiger partial charge in [-0.05, 0) is 24.8 Å². The van der Waals surface area contributed by atoms with Gasteiger partial charge in [0.2, 0.25) is 0 Å². The smallest absolute Gasteiger partial charge is 0.254 e. The van der Waals surface area contributed by atoms with E-state index in [1.165, 1.54) is 19.3 Å². The molecule has 18 heavy (non-hydrogen) atoms. The van der Waals surface area contributed by atoms with E-state index in [4.69, 9.17) is 11.6 Å². The Morgan fingerprint density at radius 1 is 1.44 bits per heavy atom. The number of pyridine rings is 1. The van der Waals surface area contributed by atoms with Crippen molar-refractivity contribution >= 4 is 17.5 Å². The molecule has 1 aromatic heterocycles. The molecule has 1 saturated carbocycles. The summed E-state index contributed by atoms with van der Waals surface area (Å²) in [7, 11) is 0. The number of carbonyl (C=O) groups is 1. The number of halogens is 2. The third-order valence-corrected chi connectivity index (χ3v) is 3.63. The molecule has 1 aromatic rings. The van der Waals surface area contributed by atoms with Gasteiger partial charge in [-0.1, -0.05) is 30.9 Å². The average Bonchev–Trinajstić information content (AvgIpc) is 2.40. The van der Waals surface area contributed by atoms with Crippen LogP contribution in [-0.4, -0.2) is 17.4 Å². The fraction of sp³-hybridized carbons (Fsp3) is 0.538. The highest BCUT2D eigenvalue weighted by atomic mass is 35.5. The molecule has 0 aromatic carbocycles. The Bertz CT molecular complexity index is 433. The summed E-state index contributed by atoms with van der Waals surface area (Å²) in [5.41, 5.74) is 0.104. The number of hydrogen-bond acceptors (Lipinski definition) is 2. The Kier molecular flexibility index (Phi) is 4.53. The van der Waals surface area contributed by atoms with Crippen LogP contribution in [0.4, 0.5) is 4.39 Å². The number of nitrogens with zero attached hydrogens (tertiary/aromatic N) is 1. The van der Waals surface area contributed by atoms with Gasteiger partial charge in [-0.3, -0.25) is 4.79 Å². The number of rotatable bonds is 3. The van der Waals surface area contributed by atoms with Crippen molar-refractivity contribution in [1.82, 2.24) is 10.3 Å². The zero-order chi connectivity index (χ0) is 13.0. The fourth-order valence-corrected chi connectivity index (χ4v) is 2.49. The van der Waals surface area contributed by atoms with Crippen molar-refractivity contribution in [3.8, 4) is 0 Å². The lowest BCUT2D eigenvalue weighted by molar-refractivity contribution is 0.0943. The molecule has 5 heteroatoms. The van der Waals surface area contributed by atoms with Crippen molar-refractivity contribution in [2.45, 2.75) is 32.1 Å². The highest BCUT2D eigenvalue weighted by molar-refractivity contribution is 6.32. The summed E-state index contributed by atoms with van der Waals surface area (Å²) in [5.74, 6) is -0.372. The maximum Gasteiger partial charge on any atom is 0.254 e. The van der Waals surface area contributed by atoms with E-state index in [1.54, 1.807) is 0 Å². The number of nitrogens with one attached hydrogen (secondary N) is 1. The first kappa shape index (κ1) is 13.3. The molecule has 2 rings (SSSR count). The molecule has 0 spiro atoms. The molecular formula is C13H16ClFN2O. The monoisotopic (exact) mass is 270 g/mol. The summed E-state index contributed by atoms with van der Waals surface area (Å²) in [4.78, 5) is 15.5. The van der Waals surface area contributed by atoms with Gasteiger partial charge in [0.05, 0.1) is 11.8 Å². The summed E-state index contributed by atoms with van der Waals surface area (Å²) in [6.45, 7) is 0.631. The Hall–Kier alpha value is -1.16. The fourth-order valence-electron chi connectivity index (χ4n) is 2.31. The second-order valence-corrected chi connectivity index (χ2v) is 5.06. The van der Waals surface area contributed by atoms with E-state index in [-0.39, 0.29) is 16.6 Å². The lowest BCUT2D eigenvalue weighted by atomic mass is 9.89. The van der Waals surface area contributed by atoms with Gasteiger partial charge in [-0.2, -0.15) is 0 Å². The third kappa shape index (κ3) is 3.42. The van der Waals surface area contributed by atoms with Crippen molar-refractivity contribution in [3.05, 3.63) is 28.8 Å². The molecule has 0 saturated heterocycles. The van der Waals surface area contributed by atoms with E-state index in [2.05, 4.69) is 10.3 Å². The van der Waals surface area contributed by atoms with Crippen molar-refractivity contribution in [3.63, 3.8) is 0 Å². The molecular weight excluding hydrogens is 255 g/mol. The quantitative estimate of drug-likeness (QED) is 0.857. The van der Waals surface area contributed by atoms with Crippen LogP contribution in [-0.2, 0) is 0 Å². The predicted octanol–water partition coefficient (Wildman–Crippen LogP) is 3.18. The maximum atomic E-state index is 13.0. The van der Waals surface area contributed by atoms with Gasteiger partial charge in [0.15, 0.2) is 0 Å². The Labute approximate surface area is 111 Å². The molecule has 1 amide bonds. The van der Waals surface area contributed by atoms with E-state index in [0.29, 0.717) is 12.5 Å². The molecule has 3 nitrogen and oxygen atoms in total. The molecule has 0 atom stereocenters. The summed E-state index contributed by atoms with van der Waals surface area (Å²) in [5, 5.41) is 2.85. The molecule has 1 heterocycles. The summed E-state index contributed by atoms with van der Waals surface area (Å²) in [6.07, 6.45) is 7.03. The molecule has 0 unspecified atom stereocenters. The van der Waals surface area contributed by atoms with E-state index < -0.39 is 5.82 Å². The van der Waals surface area contributed by atoms with Gasteiger partial charge >= 0.3 is 0 Å². The van der Waals surface area contributed by atoms with Crippen molar-refractivity contribution < 1.29 is 9.18 Å². The van der Waals surface area contributed by atoms with E-state index >= 15 is 0 Å². The minimum Gasteiger partial charge on any atom is -0.352 e. The van der Waals surface area contributed by atoms with Gasteiger partial charge in [0.25, 0.3) is 5.91 Å². The average molecular weight is 271 g/mol. The van der Waals surface area contributed by atoms with Crippen LogP contribution >= 0.6 is 11.6 Å². The van der Waals surface area contributed by atoms with Crippen LogP contribution < -0.4 is 5.32 Å². The second kappa shape index (κ2) is 6.14. The molecule has 1 fully saturated rings. The first-order valence-corrected chi connectivity index (χ1v) is 6.64. The van der Waals surface area contributed by atoms with E-state index in [0.717, 1.165) is 25.1 Å². The zero-order valence-electron chi connectivity index (χ0n) is 10.1. The standard InChI is InChI=1S/C13H16ClFN2O/c14-12-11(6-10(15)8-16-12)13(18)17-7-9-4-2-1-3-5-9/h6,8-9H,1-5,7H2,(H,17,18). The SMILES string of the molecule is O=C(NCC1CCCCC1)c1cc(F)cnc1Cl. The van der Waals surface area contributed by atoms with Gasteiger partial charge in [-0.15, -0.1) is 0 Å². The second-order valence-electron chi connectivity index (χ2n) is 4.71. The number of carbonyl (C=O) groups excluding carboxylic acids is 1. The van der Waals surface area contributed by atoms with Gasteiger partial charge < -0.3 is 5.32 Å². The van der Waals surface area contributed by atoms with Crippen LogP contribution in [0.15, 0.2) is 12.3 Å². The van der Waals surface area contributed by atoms with Crippen LogP contribution in [0, 0.1) is 11.7 Å². The molecule has 1 N–H and O–H groups in total. The van der Waals surface area contributed by atoms with Crippen LogP contribution in [0.2, 0.25) is 5.15 Å². The highest BCUT2D eigenvalue weighted by Gasteiger charge is 2.17. The normalized spacial score (nSPS) is 16.6. The van der Waals surface area contributed by atoms with Crippen LogP contribution in [0.3, 0.4) is 0 Å². The third-order valence-electron chi connectivity index (χ3n) is 3.33. The Morgan fingerprint density at radius 2 is 2.17 bits per heavy atom. The summed E-state index contributed by atoms with van der Waals surface area (Å²) in [6, 6.07) is 1.12. The topological polar surface area (TPSA) is 42.0 Å². The van der Waals surface area contributed by atoms with E-state index in [1.807, 2.05) is 0 Å². The zero-order valence-corrected chi connectivity index (χ0v) is 10.8. The molecule has 0 aliphatic heterocycles. The molecule has 0 bridgehead atoms. The van der Waals surface area contributed by atoms with Gasteiger partial charge in [0, 0.05) is 6.54 Å². The first-order chi connectivity index (χ1) is 8.66. The molecule has 1 aliphatic rings. The van der Waals surface area contributed by atoms with Crippen LogP contribution in [0.1, 0.15) is 42.5 Å². The molecule has 98 valence electrons. The first-order valence-electron chi connectivity index (χ1n) is 6.26. The van der Waals surface area contributed by atoms with Crippen LogP contribution in [0.25, 0.3) is 0 Å². The Morgan fingerprint density at radius 3 is 2.89 bits per heavy atom. The Balaban J connectivity index is 1.92. The van der Waals surface area contributed by atoms with Gasteiger partial charge in [0.1, 0.15) is 11.0 Å². The highest BCUT2D eigenvalue weighted by Crippen LogP contribution is 2.23. The van der Waals surface area contributed by atoms with Crippen molar-refractivity contribution in [2.75, 3.05) is 6.54 Å². The number of aromatic nitrogens is 1. The largest absolute Gasteiger partial charge is 0.352 e. The number of hydrogen-bond donors (Lipinski definition) is 1. The molecule has 0 radical (unpaired) electrons. The minimum atomic E-state index is -0.554. The summed E-state index contributed by atoms with van der Waals surface area (Å²) >= 11 is 5.77. The molecule has 1 aliphatic carbocycles. The lowest BCUT2D eigenvalue weighted by Crippen LogP contribution is -2.30. The summed E-state index contributed by atoms with van der Waals surface area (Å²) < 4.78 is 13.0. The predicted molar refractivity (Wildman–Crippen MR) is 68.1 cm³/mol. The van der Waals surface area contributed by atoms with Crippen LogP contribution in [0.5, 0.6) is 0 Å². The minimum absolute atomic E-state index is 0.0394.